The van der Waals surface area contributed by atoms with Gasteiger partial charge >= 0.3 is 0 Å². The van der Waals surface area contributed by atoms with Crippen molar-refractivity contribution in [2.24, 2.45) is 23.2 Å². The molecule has 2 N–H and O–H groups in total. The van der Waals surface area contributed by atoms with Gasteiger partial charge in [0.15, 0.2) is 0 Å². The maximum atomic E-state index is 12.7. The fourth-order valence-corrected chi connectivity index (χ4v) is 7.71. The Morgan fingerprint density at radius 1 is 1.03 bits per heavy atom. The highest BCUT2D eigenvalue weighted by molar-refractivity contribution is 5.84. The first-order chi connectivity index (χ1) is 17.5. The second-order valence-corrected chi connectivity index (χ2v) is 12.0. The van der Waals surface area contributed by atoms with Crippen molar-refractivity contribution in [2.45, 2.75) is 70.4 Å². The molecule has 4 aliphatic carbocycles. The predicted molar refractivity (Wildman–Crippen MR) is 138 cm³/mol. The molecule has 0 spiro atoms. The van der Waals surface area contributed by atoms with Gasteiger partial charge < -0.3 is 20.1 Å². The largest absolute Gasteiger partial charge is 0.492 e. The smallest absolute Gasteiger partial charge is 0.239 e. The minimum absolute atomic E-state index is 0.0354. The summed E-state index contributed by atoms with van der Waals surface area (Å²) >= 11 is 0. The van der Waals surface area contributed by atoms with E-state index in [4.69, 9.17) is 9.47 Å². The number of hydrogen-bond acceptors (Lipinski definition) is 5. The van der Waals surface area contributed by atoms with Crippen LogP contribution in [0.5, 0.6) is 5.75 Å². The molecule has 2 amide bonds. The van der Waals surface area contributed by atoms with Gasteiger partial charge in [-0.25, -0.2) is 0 Å². The average Bonchev–Trinajstić information content (AvgIpc) is 2.86. The fraction of sp³-hybridized carbons (Fsp3) is 0.724. The first kappa shape index (κ1) is 25.5. The molecule has 0 radical (unpaired) electrons. The second-order valence-electron chi connectivity index (χ2n) is 12.0. The summed E-state index contributed by atoms with van der Waals surface area (Å²) in [6, 6.07) is 8.42. The Balaban J connectivity index is 0.996. The van der Waals surface area contributed by atoms with Crippen molar-refractivity contribution in [3.8, 4) is 5.75 Å². The summed E-state index contributed by atoms with van der Waals surface area (Å²) in [6.07, 6.45) is 10.5. The molecule has 1 aliphatic heterocycles. The number of rotatable bonds is 11. The topological polar surface area (TPSA) is 79.9 Å². The lowest BCUT2D eigenvalue weighted by Crippen LogP contribution is -2.48. The van der Waals surface area contributed by atoms with Crippen LogP contribution in [0.15, 0.2) is 24.3 Å². The maximum Gasteiger partial charge on any atom is 0.239 e. The van der Waals surface area contributed by atoms with E-state index >= 15 is 0 Å². The number of ether oxygens (including phenoxy) is 2. The van der Waals surface area contributed by atoms with Crippen LogP contribution in [0, 0.1) is 23.2 Å². The van der Waals surface area contributed by atoms with Gasteiger partial charge in [-0.2, -0.15) is 0 Å². The number of nitrogens with one attached hydrogen (secondary N) is 2. The number of hydrogen-bond donors (Lipinski definition) is 2. The molecule has 36 heavy (non-hydrogen) atoms. The van der Waals surface area contributed by atoms with Crippen LogP contribution >= 0.6 is 0 Å². The highest BCUT2D eigenvalue weighted by atomic mass is 16.5. The fourth-order valence-electron chi connectivity index (χ4n) is 7.71. The van der Waals surface area contributed by atoms with E-state index in [9.17, 15) is 9.59 Å². The molecule has 0 atom stereocenters. The molecular weight excluding hydrogens is 454 g/mol. The Morgan fingerprint density at radius 3 is 2.42 bits per heavy atom. The summed E-state index contributed by atoms with van der Waals surface area (Å²) in [7, 11) is 2.15. The van der Waals surface area contributed by atoms with Crippen LogP contribution in [-0.4, -0.2) is 62.7 Å². The third-order valence-corrected chi connectivity index (χ3v) is 9.06. The Hall–Kier alpha value is -2.12. The Labute approximate surface area is 215 Å². The summed E-state index contributed by atoms with van der Waals surface area (Å²) in [6.45, 7) is 3.64. The van der Waals surface area contributed by atoms with E-state index in [0.29, 0.717) is 25.6 Å². The Kier molecular flexibility index (Phi) is 8.16. The van der Waals surface area contributed by atoms with Crippen LogP contribution in [0.3, 0.4) is 0 Å². The van der Waals surface area contributed by atoms with Crippen molar-refractivity contribution in [3.05, 3.63) is 29.8 Å². The molecule has 6 rings (SSSR count). The molecule has 4 saturated carbocycles. The van der Waals surface area contributed by atoms with Gasteiger partial charge in [0.05, 0.1) is 6.54 Å². The van der Waals surface area contributed by atoms with E-state index in [1.165, 1.54) is 38.5 Å². The van der Waals surface area contributed by atoms with Gasteiger partial charge in [0.2, 0.25) is 11.8 Å². The van der Waals surface area contributed by atoms with Crippen molar-refractivity contribution in [2.75, 3.05) is 40.0 Å². The first-order valence-electron chi connectivity index (χ1n) is 14.0. The molecular formula is C29H43N3O4. The molecule has 1 heterocycles. The zero-order chi connectivity index (χ0) is 25.0. The van der Waals surface area contributed by atoms with Gasteiger partial charge in [-0.05, 0) is 99.3 Å². The number of amides is 2. The quantitative estimate of drug-likeness (QED) is 0.489. The number of benzene rings is 1. The lowest BCUT2D eigenvalue weighted by atomic mass is 9.49. The number of likely N-dealkylation sites (N-methyl/N-ethyl adjacent to an activating group) is 1. The molecule has 198 valence electrons. The molecule has 1 aromatic carbocycles. The van der Waals surface area contributed by atoms with Crippen LogP contribution in [0.4, 0.5) is 0 Å². The average molecular weight is 498 g/mol. The molecule has 1 saturated heterocycles. The van der Waals surface area contributed by atoms with Gasteiger partial charge in [0, 0.05) is 38.8 Å². The van der Waals surface area contributed by atoms with Crippen molar-refractivity contribution < 1.29 is 19.1 Å². The van der Waals surface area contributed by atoms with E-state index in [1.54, 1.807) is 0 Å². The summed E-state index contributed by atoms with van der Waals surface area (Å²) < 4.78 is 11.4. The van der Waals surface area contributed by atoms with Crippen LogP contribution in [0.2, 0.25) is 0 Å². The summed E-state index contributed by atoms with van der Waals surface area (Å²) in [5.41, 5.74) is 1.19. The summed E-state index contributed by atoms with van der Waals surface area (Å²) in [5, 5.41) is 5.81. The molecule has 7 heteroatoms. The van der Waals surface area contributed by atoms with Crippen LogP contribution < -0.4 is 15.4 Å². The van der Waals surface area contributed by atoms with E-state index < -0.39 is 0 Å². The van der Waals surface area contributed by atoms with Crippen LogP contribution in [0.25, 0.3) is 0 Å². The van der Waals surface area contributed by atoms with Gasteiger partial charge in [-0.3, -0.25) is 14.5 Å². The molecule has 7 nitrogen and oxygen atoms in total. The summed E-state index contributed by atoms with van der Waals surface area (Å²) in [5.74, 6) is 3.19. The first-order valence-corrected chi connectivity index (χ1v) is 14.0. The molecule has 5 aliphatic rings. The molecule has 4 bridgehead atoms. The molecule has 1 aromatic rings. The predicted octanol–water partition coefficient (Wildman–Crippen LogP) is 3.52. The molecule has 5 fully saturated rings. The SMILES string of the molecule is CN(CCOc1cccc(CNC(=O)CNC(=O)CC23CC4CC(CC(C4)C2)C3)c1)C1CCOCC1. The molecule has 0 aromatic heterocycles. The second kappa shape index (κ2) is 11.5. The zero-order valence-corrected chi connectivity index (χ0v) is 21.8. The lowest BCUT2D eigenvalue weighted by Gasteiger charge is -2.56. The maximum absolute atomic E-state index is 12.7. The summed E-state index contributed by atoms with van der Waals surface area (Å²) in [4.78, 5) is 27.4. The van der Waals surface area contributed by atoms with Gasteiger partial charge in [-0.15, -0.1) is 0 Å². The zero-order valence-electron chi connectivity index (χ0n) is 21.8. The van der Waals surface area contributed by atoms with Crippen LogP contribution in [-0.2, 0) is 20.9 Å². The highest BCUT2D eigenvalue weighted by Crippen LogP contribution is 2.61. The van der Waals surface area contributed by atoms with Gasteiger partial charge in [-0.1, -0.05) is 12.1 Å². The molecule has 0 unspecified atom stereocenters. The minimum atomic E-state index is -0.154. The van der Waals surface area contributed by atoms with Crippen molar-refractivity contribution in [3.63, 3.8) is 0 Å². The van der Waals surface area contributed by atoms with Crippen molar-refractivity contribution in [1.82, 2.24) is 15.5 Å². The van der Waals surface area contributed by atoms with E-state index in [0.717, 1.165) is 61.7 Å². The number of nitrogens with zero attached hydrogens (tertiary/aromatic N) is 1. The third-order valence-electron chi connectivity index (χ3n) is 9.06. The minimum Gasteiger partial charge on any atom is -0.492 e. The Morgan fingerprint density at radius 2 is 1.72 bits per heavy atom. The number of carbonyl (C=O) groups is 2. The third kappa shape index (κ3) is 6.60. The number of carbonyl (C=O) groups excluding carboxylic acids is 2. The highest BCUT2D eigenvalue weighted by Gasteiger charge is 2.51. The Bertz CT molecular complexity index is 878. The van der Waals surface area contributed by atoms with E-state index in [-0.39, 0.29) is 23.8 Å². The lowest BCUT2D eigenvalue weighted by molar-refractivity contribution is -0.131. The van der Waals surface area contributed by atoms with Crippen LogP contribution in [0.1, 0.15) is 63.4 Å². The monoisotopic (exact) mass is 497 g/mol. The van der Waals surface area contributed by atoms with Gasteiger partial charge in [0.25, 0.3) is 0 Å². The van der Waals surface area contributed by atoms with E-state index in [2.05, 4.69) is 22.6 Å². The standard InChI is InChI=1S/C29H43N3O4/c1-32(25-5-8-35-9-6-25)7-10-36-26-4-2-3-21(14-26)19-30-28(34)20-31-27(33)18-29-15-22-11-23(16-29)13-24(12-22)17-29/h2-4,14,22-25H,5-13,15-20H2,1H3,(H,30,34)(H,31,33). The van der Waals surface area contributed by atoms with Crippen molar-refractivity contribution in [1.29, 1.82) is 0 Å². The van der Waals surface area contributed by atoms with Gasteiger partial charge in [0.1, 0.15) is 12.4 Å². The van der Waals surface area contributed by atoms with Crippen molar-refractivity contribution >= 4 is 11.8 Å². The normalized spacial score (nSPS) is 29.3. The van der Waals surface area contributed by atoms with E-state index in [1.807, 2.05) is 24.3 Å².